The predicted molar refractivity (Wildman–Crippen MR) is 123 cm³/mol. The molecule has 0 bridgehead atoms. The van der Waals surface area contributed by atoms with Crippen molar-refractivity contribution in [2.75, 3.05) is 33.0 Å². The second-order valence-electron chi connectivity index (χ2n) is 7.99. The summed E-state index contributed by atoms with van der Waals surface area (Å²) in [5.74, 6) is -2.44. The number of hydrogen-bond acceptors (Lipinski definition) is 8. The molecule has 2 atom stereocenters. The molecule has 0 amide bonds. The van der Waals surface area contributed by atoms with Gasteiger partial charge >= 0.3 is 11.9 Å². The van der Waals surface area contributed by atoms with Crippen LogP contribution in [0.3, 0.4) is 0 Å². The van der Waals surface area contributed by atoms with Gasteiger partial charge in [0.05, 0.1) is 50.6 Å². The van der Waals surface area contributed by atoms with Gasteiger partial charge in [-0.15, -0.1) is 0 Å². The highest BCUT2D eigenvalue weighted by atomic mass is 17.2. The van der Waals surface area contributed by atoms with Crippen molar-refractivity contribution < 1.29 is 39.1 Å². The van der Waals surface area contributed by atoms with Crippen molar-refractivity contribution in [3.63, 3.8) is 0 Å². The molecule has 1 aromatic rings. The fourth-order valence-corrected chi connectivity index (χ4v) is 3.33. The number of aliphatic hydroxyl groups is 2. The van der Waals surface area contributed by atoms with Crippen molar-refractivity contribution in [1.82, 2.24) is 0 Å². The van der Waals surface area contributed by atoms with Gasteiger partial charge in [0, 0.05) is 0 Å². The Balaban J connectivity index is 2.47. The summed E-state index contributed by atoms with van der Waals surface area (Å²) in [5.41, 5.74) is 0.261. The molecule has 0 aromatic heterocycles. The van der Waals surface area contributed by atoms with E-state index in [1.54, 1.807) is 30.3 Å². The number of hydrogen-bond donors (Lipinski definition) is 2. The van der Waals surface area contributed by atoms with E-state index < -0.39 is 24.0 Å². The number of aliphatic hydroxyl groups excluding tert-OH is 2. The molecule has 0 radical (unpaired) electrons. The van der Waals surface area contributed by atoms with E-state index in [0.29, 0.717) is 6.42 Å². The van der Waals surface area contributed by atoms with Crippen molar-refractivity contribution in [2.24, 2.45) is 5.92 Å². The Kier molecular flexibility index (Phi) is 17.1. The molecule has 33 heavy (non-hydrogen) atoms. The van der Waals surface area contributed by atoms with Crippen LogP contribution in [0.4, 0.5) is 0 Å². The number of unbranched alkanes of at least 4 members (excludes halogenated alkanes) is 7. The zero-order valence-corrected chi connectivity index (χ0v) is 19.8. The summed E-state index contributed by atoms with van der Waals surface area (Å²) in [7, 11) is 0. The minimum absolute atomic E-state index is 0.0726. The quantitative estimate of drug-likeness (QED) is 0.179. The first kappa shape index (κ1) is 29.0. The van der Waals surface area contributed by atoms with Crippen molar-refractivity contribution in [3.05, 3.63) is 35.9 Å². The van der Waals surface area contributed by atoms with Crippen molar-refractivity contribution in [3.8, 4) is 0 Å². The lowest BCUT2D eigenvalue weighted by atomic mass is 9.95. The van der Waals surface area contributed by atoms with Crippen molar-refractivity contribution in [1.29, 1.82) is 0 Å². The number of carbonyl (C=O) groups is 2. The predicted octanol–water partition coefficient (Wildman–Crippen LogP) is 3.84. The van der Waals surface area contributed by atoms with Crippen LogP contribution in [-0.4, -0.2) is 61.3 Å². The van der Waals surface area contributed by atoms with Gasteiger partial charge in [-0.1, -0.05) is 76.5 Å². The molecule has 0 heterocycles. The molecule has 0 saturated heterocycles. The van der Waals surface area contributed by atoms with Crippen LogP contribution in [0.1, 0.15) is 75.1 Å². The lowest BCUT2D eigenvalue weighted by Crippen LogP contribution is -2.34. The molecule has 0 aliphatic carbocycles. The molecule has 0 aliphatic heterocycles. The minimum Gasteiger partial charge on any atom is -0.394 e. The molecular formula is C25H40O8. The second-order valence-corrected chi connectivity index (χ2v) is 7.99. The van der Waals surface area contributed by atoms with Gasteiger partial charge < -0.3 is 19.7 Å². The molecule has 8 heteroatoms. The van der Waals surface area contributed by atoms with Crippen LogP contribution in [0.5, 0.6) is 0 Å². The molecule has 0 aliphatic rings. The summed E-state index contributed by atoms with van der Waals surface area (Å²) < 4.78 is 10.5. The van der Waals surface area contributed by atoms with Crippen LogP contribution in [0.15, 0.2) is 30.3 Å². The Morgan fingerprint density at radius 2 is 1.48 bits per heavy atom. The third-order valence-corrected chi connectivity index (χ3v) is 5.24. The van der Waals surface area contributed by atoms with Gasteiger partial charge in [0.25, 0.3) is 0 Å². The van der Waals surface area contributed by atoms with Crippen molar-refractivity contribution in [2.45, 2.75) is 70.8 Å². The number of rotatable bonds is 19. The number of ether oxygens (including phenoxy) is 2. The van der Waals surface area contributed by atoms with E-state index in [4.69, 9.17) is 19.5 Å². The maximum atomic E-state index is 12.6. The lowest BCUT2D eigenvalue weighted by molar-refractivity contribution is -0.242. The Morgan fingerprint density at radius 3 is 2.15 bits per heavy atom. The van der Waals surface area contributed by atoms with E-state index in [-0.39, 0.29) is 38.6 Å². The second kappa shape index (κ2) is 19.5. The maximum Gasteiger partial charge on any atom is 0.386 e. The Labute approximate surface area is 197 Å². The molecule has 0 fully saturated rings. The van der Waals surface area contributed by atoms with E-state index in [2.05, 4.69) is 11.8 Å². The largest absolute Gasteiger partial charge is 0.394 e. The summed E-state index contributed by atoms with van der Waals surface area (Å²) in [5, 5.41) is 19.2. The molecular weight excluding hydrogens is 428 g/mol. The molecule has 188 valence electrons. The molecule has 0 spiro atoms. The van der Waals surface area contributed by atoms with Gasteiger partial charge in [0.2, 0.25) is 0 Å². The normalized spacial score (nSPS) is 12.8. The van der Waals surface area contributed by atoms with Crippen LogP contribution in [-0.2, 0) is 24.0 Å². The summed E-state index contributed by atoms with van der Waals surface area (Å²) in [6.45, 7) is 2.75. The molecule has 8 nitrogen and oxygen atoms in total. The van der Waals surface area contributed by atoms with E-state index >= 15 is 0 Å². The third kappa shape index (κ3) is 14.0. The highest BCUT2D eigenvalue weighted by Gasteiger charge is 2.30. The van der Waals surface area contributed by atoms with Gasteiger partial charge in [0.1, 0.15) is 0 Å². The summed E-state index contributed by atoms with van der Waals surface area (Å²) in [6.07, 6.45) is 8.16. The van der Waals surface area contributed by atoms with Crippen LogP contribution in [0, 0.1) is 5.92 Å². The fraction of sp³-hybridized carbons (Fsp3) is 0.680. The molecule has 1 aromatic carbocycles. The molecule has 2 N–H and O–H groups in total. The SMILES string of the molecule is CCCCCCCCCCC(C(=O)OOC(=O)c1ccccc1)C(O)COCCOCCO. The Hall–Kier alpha value is -2.00. The first-order valence-electron chi connectivity index (χ1n) is 12.0. The Bertz CT molecular complexity index is 622. The van der Waals surface area contributed by atoms with E-state index in [1.807, 2.05) is 0 Å². The molecule has 1 rings (SSSR count). The van der Waals surface area contributed by atoms with Crippen molar-refractivity contribution >= 4 is 11.9 Å². The minimum atomic E-state index is -1.10. The van der Waals surface area contributed by atoms with E-state index in [9.17, 15) is 14.7 Å². The smallest absolute Gasteiger partial charge is 0.386 e. The zero-order valence-electron chi connectivity index (χ0n) is 19.8. The van der Waals surface area contributed by atoms with Crippen LogP contribution < -0.4 is 0 Å². The average molecular weight is 469 g/mol. The number of benzene rings is 1. The van der Waals surface area contributed by atoms with E-state index in [0.717, 1.165) is 25.7 Å². The highest BCUT2D eigenvalue weighted by molar-refractivity contribution is 5.89. The highest BCUT2D eigenvalue weighted by Crippen LogP contribution is 2.19. The van der Waals surface area contributed by atoms with Gasteiger partial charge in [-0.25, -0.2) is 19.4 Å². The van der Waals surface area contributed by atoms with Gasteiger partial charge in [-0.05, 0) is 18.6 Å². The fourth-order valence-electron chi connectivity index (χ4n) is 3.33. The summed E-state index contributed by atoms with van der Waals surface area (Å²) in [6, 6.07) is 8.21. The third-order valence-electron chi connectivity index (χ3n) is 5.24. The first-order chi connectivity index (χ1) is 16.1. The average Bonchev–Trinajstić information content (AvgIpc) is 2.84. The Morgan fingerprint density at radius 1 is 0.848 bits per heavy atom. The summed E-state index contributed by atoms with van der Waals surface area (Å²) >= 11 is 0. The summed E-state index contributed by atoms with van der Waals surface area (Å²) in [4.78, 5) is 34.0. The monoisotopic (exact) mass is 468 g/mol. The van der Waals surface area contributed by atoms with Crippen LogP contribution in [0.25, 0.3) is 0 Å². The lowest BCUT2D eigenvalue weighted by Gasteiger charge is -2.20. The zero-order chi connectivity index (χ0) is 24.2. The van der Waals surface area contributed by atoms with Gasteiger partial charge in [-0.2, -0.15) is 0 Å². The van der Waals surface area contributed by atoms with Crippen LogP contribution in [0.2, 0.25) is 0 Å². The molecule has 2 unspecified atom stereocenters. The topological polar surface area (TPSA) is 112 Å². The first-order valence-corrected chi connectivity index (χ1v) is 12.0. The van der Waals surface area contributed by atoms with Gasteiger partial charge in [-0.3, -0.25) is 0 Å². The number of carbonyl (C=O) groups excluding carboxylic acids is 2. The van der Waals surface area contributed by atoms with Gasteiger partial charge in [0.15, 0.2) is 0 Å². The maximum absolute atomic E-state index is 12.6. The van der Waals surface area contributed by atoms with E-state index in [1.165, 1.54) is 25.7 Å². The standard InChI is InChI=1S/C25H40O8/c1-2-3-4-5-6-7-8-12-15-22(23(27)20-31-19-18-30-17-16-26)25(29)33-32-24(28)21-13-10-9-11-14-21/h9-11,13-14,22-23,26-27H,2-8,12,15-20H2,1H3. The molecule has 0 saturated carbocycles. The van der Waals surface area contributed by atoms with Crippen LogP contribution >= 0.6 is 0 Å².